The van der Waals surface area contributed by atoms with Crippen LogP contribution in [0.4, 0.5) is 0 Å². The van der Waals surface area contributed by atoms with Gasteiger partial charge in [0.15, 0.2) is 0 Å². The fraction of sp³-hybridized carbons (Fsp3) is 0.844. The van der Waals surface area contributed by atoms with Gasteiger partial charge in [0.05, 0.1) is 0 Å². The third-order valence-electron chi connectivity index (χ3n) is 12.1. The second kappa shape index (κ2) is 8.81. The smallest absolute Gasteiger partial charge is 0.302 e. The molecule has 34 heavy (non-hydrogen) atoms. The summed E-state index contributed by atoms with van der Waals surface area (Å²) < 4.78 is 5.87. The minimum atomic E-state index is -0.120. The summed E-state index contributed by atoms with van der Waals surface area (Å²) in [5.41, 5.74) is 4.22. The maximum Gasteiger partial charge on any atom is 0.302 e. The monoisotopic (exact) mass is 468 g/mol. The molecule has 3 fully saturated rings. The fourth-order valence-corrected chi connectivity index (χ4v) is 10.00. The zero-order valence-corrected chi connectivity index (χ0v) is 23.6. The van der Waals surface area contributed by atoms with E-state index in [0.717, 1.165) is 30.6 Å². The second-order valence-corrected chi connectivity index (χ2v) is 14.2. The van der Waals surface area contributed by atoms with Crippen molar-refractivity contribution in [3.05, 3.63) is 23.8 Å². The Balaban J connectivity index is 1.60. The molecule has 192 valence electrons. The second-order valence-electron chi connectivity index (χ2n) is 14.2. The number of carbonyl (C=O) groups excluding carboxylic acids is 1. The molecule has 0 N–H and O–H groups in total. The molecule has 0 aliphatic heterocycles. The van der Waals surface area contributed by atoms with E-state index in [9.17, 15) is 4.79 Å². The zero-order chi connectivity index (χ0) is 25.1. The number of hydrogen-bond acceptors (Lipinski definition) is 2. The molecule has 0 aromatic carbocycles. The van der Waals surface area contributed by atoms with Gasteiger partial charge in [-0.15, -0.1) is 6.58 Å². The Labute approximate surface area is 210 Å². The number of allylic oxidation sites excluding steroid dienone is 3. The van der Waals surface area contributed by atoms with E-state index in [0.29, 0.717) is 16.7 Å². The molecule has 0 aromatic rings. The van der Waals surface area contributed by atoms with Crippen molar-refractivity contribution in [2.45, 2.75) is 126 Å². The molecular weight excluding hydrogens is 416 g/mol. The molecule has 0 heterocycles. The first-order valence-electron chi connectivity index (χ1n) is 14.3. The Morgan fingerprint density at radius 2 is 1.76 bits per heavy atom. The van der Waals surface area contributed by atoms with E-state index >= 15 is 0 Å². The van der Waals surface area contributed by atoms with E-state index in [1.165, 1.54) is 56.9 Å². The highest BCUT2D eigenvalue weighted by molar-refractivity contribution is 5.66. The summed E-state index contributed by atoms with van der Waals surface area (Å²) >= 11 is 0. The topological polar surface area (TPSA) is 26.3 Å². The Hall–Kier alpha value is -1.05. The molecule has 2 heteroatoms. The highest BCUT2D eigenvalue weighted by Gasteiger charge is 2.65. The van der Waals surface area contributed by atoms with Crippen LogP contribution in [0.1, 0.15) is 120 Å². The van der Waals surface area contributed by atoms with Crippen LogP contribution < -0.4 is 0 Å². The molecular formula is C32H52O2. The van der Waals surface area contributed by atoms with Crippen LogP contribution in [0.3, 0.4) is 0 Å². The average molecular weight is 469 g/mol. The lowest BCUT2D eigenvalue weighted by atomic mass is 9.41. The van der Waals surface area contributed by atoms with E-state index in [4.69, 9.17) is 4.74 Å². The molecule has 0 saturated heterocycles. The number of hydrogen-bond donors (Lipinski definition) is 0. The van der Waals surface area contributed by atoms with Gasteiger partial charge < -0.3 is 4.74 Å². The summed E-state index contributed by atoms with van der Waals surface area (Å²) in [7, 11) is 0. The quantitative estimate of drug-likeness (QED) is 0.287. The Morgan fingerprint density at radius 1 is 1.06 bits per heavy atom. The lowest BCUT2D eigenvalue weighted by Gasteiger charge is -2.64. The third-order valence-corrected chi connectivity index (χ3v) is 12.1. The highest BCUT2D eigenvalue weighted by atomic mass is 16.5. The van der Waals surface area contributed by atoms with Crippen LogP contribution in [0.25, 0.3) is 0 Å². The van der Waals surface area contributed by atoms with Crippen LogP contribution in [0.5, 0.6) is 0 Å². The number of fused-ring (bicyclic) bond motifs is 5. The van der Waals surface area contributed by atoms with Gasteiger partial charge in [0.2, 0.25) is 0 Å². The number of rotatable bonds is 6. The van der Waals surface area contributed by atoms with Gasteiger partial charge in [-0.1, -0.05) is 65.2 Å². The van der Waals surface area contributed by atoms with Crippen molar-refractivity contribution in [2.75, 3.05) is 0 Å². The molecule has 0 bridgehead atoms. The van der Waals surface area contributed by atoms with Crippen molar-refractivity contribution in [2.24, 2.45) is 45.3 Å². The Morgan fingerprint density at radius 3 is 2.41 bits per heavy atom. The summed E-state index contributed by atoms with van der Waals surface area (Å²) in [6.45, 7) is 23.0. The summed E-state index contributed by atoms with van der Waals surface area (Å²) in [5.74, 6) is 2.83. The summed E-state index contributed by atoms with van der Waals surface area (Å²) in [6.07, 6.45) is 15.4. The fourth-order valence-electron chi connectivity index (χ4n) is 10.00. The maximum absolute atomic E-state index is 11.8. The van der Waals surface area contributed by atoms with E-state index in [1.807, 2.05) is 0 Å². The lowest BCUT2D eigenvalue weighted by molar-refractivity contribution is -0.170. The van der Waals surface area contributed by atoms with Crippen LogP contribution in [-0.2, 0) is 9.53 Å². The van der Waals surface area contributed by atoms with Crippen molar-refractivity contribution in [3.63, 3.8) is 0 Å². The van der Waals surface area contributed by atoms with Gasteiger partial charge in [-0.25, -0.2) is 0 Å². The van der Waals surface area contributed by atoms with Crippen LogP contribution in [-0.4, -0.2) is 12.1 Å². The molecule has 8 atom stereocenters. The molecule has 2 nitrogen and oxygen atoms in total. The van der Waals surface area contributed by atoms with Crippen LogP contribution in [0.2, 0.25) is 0 Å². The van der Waals surface area contributed by atoms with Gasteiger partial charge in [0.25, 0.3) is 0 Å². The molecule has 0 spiro atoms. The number of ether oxygens (including phenoxy) is 1. The molecule has 4 aliphatic carbocycles. The first-order chi connectivity index (χ1) is 15.8. The van der Waals surface area contributed by atoms with E-state index in [1.54, 1.807) is 12.5 Å². The summed E-state index contributed by atoms with van der Waals surface area (Å²) in [5, 5.41) is 0. The standard InChI is InChI=1S/C32H52O2/c1-21(2)11-10-12-22(3)24-15-19-32(9)26-13-14-27-29(5,6)28(34-23(4)33)17-18-30(27,7)25(26)16-20-31(24,32)8/h16,22,24,26-28H,1,10-15,17-20H2,2-9H3/t22-,24-,26-,27+,28+,30-,31-,32+/m1/s1. The van der Waals surface area contributed by atoms with Gasteiger partial charge >= 0.3 is 5.97 Å². The predicted molar refractivity (Wildman–Crippen MR) is 142 cm³/mol. The van der Waals surface area contributed by atoms with Crippen molar-refractivity contribution >= 4 is 5.97 Å². The van der Waals surface area contributed by atoms with Crippen LogP contribution in [0.15, 0.2) is 23.8 Å². The van der Waals surface area contributed by atoms with Crippen molar-refractivity contribution < 1.29 is 9.53 Å². The van der Waals surface area contributed by atoms with Gasteiger partial charge in [0, 0.05) is 12.3 Å². The normalized spacial score (nSPS) is 43.7. The Bertz CT molecular complexity index is 851. The van der Waals surface area contributed by atoms with Gasteiger partial charge in [-0.2, -0.15) is 0 Å². The highest BCUT2D eigenvalue weighted by Crippen LogP contribution is 2.73. The molecule has 0 radical (unpaired) electrons. The van der Waals surface area contributed by atoms with E-state index in [2.05, 4.69) is 61.1 Å². The zero-order valence-electron chi connectivity index (χ0n) is 23.6. The maximum atomic E-state index is 11.8. The van der Waals surface area contributed by atoms with Gasteiger partial charge in [-0.3, -0.25) is 4.79 Å². The molecule has 0 unspecified atom stereocenters. The third kappa shape index (κ3) is 3.85. The van der Waals surface area contributed by atoms with E-state index in [-0.39, 0.29) is 22.9 Å². The summed E-state index contributed by atoms with van der Waals surface area (Å²) in [4.78, 5) is 11.8. The molecule has 3 saturated carbocycles. The van der Waals surface area contributed by atoms with Crippen LogP contribution >= 0.6 is 0 Å². The van der Waals surface area contributed by atoms with Gasteiger partial charge in [0.1, 0.15) is 6.10 Å². The van der Waals surface area contributed by atoms with Crippen LogP contribution in [0, 0.1) is 45.3 Å². The lowest BCUT2D eigenvalue weighted by Crippen LogP contribution is -2.58. The largest absolute Gasteiger partial charge is 0.462 e. The molecule has 0 aromatic heterocycles. The molecule has 4 aliphatic rings. The molecule has 0 amide bonds. The number of esters is 1. The first-order valence-corrected chi connectivity index (χ1v) is 14.3. The first kappa shape index (κ1) is 26.0. The SMILES string of the molecule is C=C(C)CCC[C@@H](C)[C@H]1CC[C@@]2(C)[C@@H]3CC[C@H]4C(C)(C)[C@@H](OC(C)=O)CC[C@]4(C)C3=CC[C@]12C. The number of carbonyl (C=O) groups is 1. The minimum absolute atomic E-state index is 0.0299. The summed E-state index contributed by atoms with van der Waals surface area (Å²) in [6, 6.07) is 0. The minimum Gasteiger partial charge on any atom is -0.462 e. The predicted octanol–water partition coefficient (Wildman–Crippen LogP) is 8.91. The van der Waals surface area contributed by atoms with Crippen molar-refractivity contribution in [1.29, 1.82) is 0 Å². The molecule has 4 rings (SSSR count). The van der Waals surface area contributed by atoms with Crippen molar-refractivity contribution in [3.8, 4) is 0 Å². The average Bonchev–Trinajstić information content (AvgIpc) is 3.01. The van der Waals surface area contributed by atoms with Crippen molar-refractivity contribution in [1.82, 2.24) is 0 Å². The van der Waals surface area contributed by atoms with E-state index < -0.39 is 0 Å². The van der Waals surface area contributed by atoms with Gasteiger partial charge in [-0.05, 0) is 105 Å². The Kier molecular flexibility index (Phi) is 6.74.